The molecule has 5 rings (SSSR count). The second-order valence-electron chi connectivity index (χ2n) is 11.9. The fraction of sp³-hybridized carbons (Fsp3) is 0.516. The van der Waals surface area contributed by atoms with Gasteiger partial charge in [-0.3, -0.25) is 10.1 Å². The number of piperidine rings is 2. The summed E-state index contributed by atoms with van der Waals surface area (Å²) >= 11 is 6.22. The third-order valence-corrected chi connectivity index (χ3v) is 9.22. The molecule has 0 radical (unpaired) electrons. The van der Waals surface area contributed by atoms with E-state index in [4.69, 9.17) is 21.1 Å². The van der Waals surface area contributed by atoms with Crippen LogP contribution in [0.3, 0.4) is 0 Å². The number of rotatable bonds is 6. The van der Waals surface area contributed by atoms with Gasteiger partial charge in [-0.2, -0.15) is 13.2 Å². The van der Waals surface area contributed by atoms with E-state index in [2.05, 4.69) is 15.5 Å². The molecular weight excluding hydrogens is 615 g/mol. The van der Waals surface area contributed by atoms with Gasteiger partial charge in [0, 0.05) is 64.1 Å². The zero-order valence-corrected chi connectivity index (χ0v) is 26.1. The number of nitrogens with zero attached hydrogens (tertiary/aromatic N) is 3. The summed E-state index contributed by atoms with van der Waals surface area (Å²) in [6, 6.07) is 9.87. The number of hydrogen-bond acceptors (Lipinski definition) is 7. The second kappa shape index (κ2) is 13.0. The zero-order chi connectivity index (χ0) is 32.5. The third kappa shape index (κ3) is 6.94. The number of anilines is 2. The van der Waals surface area contributed by atoms with E-state index >= 15 is 0 Å². The molecule has 3 heterocycles. The summed E-state index contributed by atoms with van der Waals surface area (Å²) in [4.78, 5) is 44.7. The Labute approximate surface area is 264 Å². The van der Waals surface area contributed by atoms with E-state index in [9.17, 15) is 27.6 Å². The van der Waals surface area contributed by atoms with Gasteiger partial charge in [0.25, 0.3) is 5.91 Å². The standard InChI is InChI=1S/C31H37ClF3N5O5/c1-36-26-22(31(33,34)35)16-19(17-23(26)32)18-25(27(41)39-12-8-20(9-13-39)38(2)3)44-29(43)40-14-10-30(11-15-40)21-6-4-5-7-24(21)37-28(42)45-30/h4-7,16-17,20,25,36H,8-15,18H2,1-3H3,(H,37,42)/t25-/m1/s1. The highest BCUT2D eigenvalue weighted by Gasteiger charge is 2.46. The fourth-order valence-electron chi connectivity index (χ4n) is 6.43. The molecule has 0 bridgehead atoms. The van der Waals surface area contributed by atoms with Crippen LogP contribution in [0.15, 0.2) is 36.4 Å². The molecule has 1 atom stereocenters. The molecular formula is C31H37ClF3N5O5. The molecule has 2 aromatic carbocycles. The van der Waals surface area contributed by atoms with Crippen molar-refractivity contribution in [3.8, 4) is 0 Å². The van der Waals surface area contributed by atoms with E-state index < -0.39 is 41.5 Å². The summed E-state index contributed by atoms with van der Waals surface area (Å²) in [5.74, 6) is -0.474. The molecule has 2 fully saturated rings. The number of benzene rings is 2. The Morgan fingerprint density at radius 1 is 1.13 bits per heavy atom. The second-order valence-corrected chi connectivity index (χ2v) is 12.3. The molecule has 2 N–H and O–H groups in total. The van der Waals surface area contributed by atoms with Crippen LogP contribution >= 0.6 is 11.6 Å². The van der Waals surface area contributed by atoms with Crippen LogP contribution in [0.5, 0.6) is 0 Å². The first-order chi connectivity index (χ1) is 21.3. The summed E-state index contributed by atoms with van der Waals surface area (Å²) in [5, 5.41) is 5.02. The van der Waals surface area contributed by atoms with Crippen LogP contribution in [0.2, 0.25) is 5.02 Å². The van der Waals surface area contributed by atoms with Gasteiger partial charge >= 0.3 is 18.4 Å². The van der Waals surface area contributed by atoms with Gasteiger partial charge in [-0.25, -0.2) is 9.59 Å². The van der Waals surface area contributed by atoms with E-state index in [0.29, 0.717) is 44.5 Å². The number of para-hydroxylation sites is 1. The van der Waals surface area contributed by atoms with Crippen LogP contribution in [0.25, 0.3) is 0 Å². The number of fused-ring (bicyclic) bond motifs is 2. The number of halogens is 4. The molecule has 244 valence electrons. The molecule has 3 aliphatic heterocycles. The maximum absolute atomic E-state index is 13.9. The normalized spacial score (nSPS) is 19.1. The predicted molar refractivity (Wildman–Crippen MR) is 162 cm³/mol. The minimum Gasteiger partial charge on any atom is -0.438 e. The Hall–Kier alpha value is -3.71. The van der Waals surface area contributed by atoms with Crippen molar-refractivity contribution >= 4 is 41.1 Å². The SMILES string of the molecule is CNc1c(Cl)cc(C[C@@H](OC(=O)N2CCC3(CC2)OC(=O)Nc2ccccc23)C(=O)N2CCC(N(C)C)CC2)cc1C(F)(F)F. The van der Waals surface area contributed by atoms with Crippen molar-refractivity contribution in [1.29, 1.82) is 0 Å². The van der Waals surface area contributed by atoms with Crippen LogP contribution in [-0.4, -0.2) is 92.3 Å². The zero-order valence-electron chi connectivity index (χ0n) is 25.4. The summed E-state index contributed by atoms with van der Waals surface area (Å²) in [6.07, 6.45) is -5.68. The molecule has 10 nitrogen and oxygen atoms in total. The molecule has 45 heavy (non-hydrogen) atoms. The summed E-state index contributed by atoms with van der Waals surface area (Å²) < 4.78 is 53.2. The topological polar surface area (TPSA) is 103 Å². The molecule has 3 amide bonds. The molecule has 0 aliphatic carbocycles. The highest BCUT2D eigenvalue weighted by atomic mass is 35.5. The molecule has 0 unspecified atom stereocenters. The first-order valence-corrected chi connectivity index (χ1v) is 15.3. The Kier molecular flexibility index (Phi) is 9.41. The molecule has 1 spiro atoms. The van der Waals surface area contributed by atoms with Gasteiger partial charge < -0.3 is 29.5 Å². The van der Waals surface area contributed by atoms with Gasteiger partial charge in [-0.1, -0.05) is 29.8 Å². The lowest BCUT2D eigenvalue weighted by Gasteiger charge is -2.44. The highest BCUT2D eigenvalue weighted by molar-refractivity contribution is 6.33. The fourth-order valence-corrected chi connectivity index (χ4v) is 6.77. The van der Waals surface area contributed by atoms with Crippen molar-refractivity contribution in [3.05, 3.63) is 58.1 Å². The minimum atomic E-state index is -4.71. The maximum atomic E-state index is 13.9. The largest absolute Gasteiger partial charge is 0.438 e. The Morgan fingerprint density at radius 2 is 1.80 bits per heavy atom. The molecule has 2 saturated heterocycles. The quantitative estimate of drug-likeness (QED) is 0.422. The monoisotopic (exact) mass is 651 g/mol. The number of alkyl halides is 3. The predicted octanol–water partition coefficient (Wildman–Crippen LogP) is 5.55. The lowest BCUT2D eigenvalue weighted by atomic mass is 9.82. The van der Waals surface area contributed by atoms with Crippen molar-refractivity contribution in [3.63, 3.8) is 0 Å². The number of likely N-dealkylation sites (tertiary alicyclic amines) is 2. The van der Waals surface area contributed by atoms with Gasteiger partial charge in [0.05, 0.1) is 22.0 Å². The molecule has 2 aromatic rings. The number of carbonyl (C=O) groups excluding carboxylic acids is 3. The lowest BCUT2D eigenvalue weighted by molar-refractivity contribution is -0.142. The van der Waals surface area contributed by atoms with Crippen LogP contribution in [0, 0.1) is 0 Å². The smallest absolute Gasteiger partial charge is 0.418 e. The van der Waals surface area contributed by atoms with Gasteiger partial charge in [-0.05, 0) is 50.7 Å². The summed E-state index contributed by atoms with van der Waals surface area (Å²) in [6.45, 7) is 1.20. The highest BCUT2D eigenvalue weighted by Crippen LogP contribution is 2.44. The number of nitrogens with one attached hydrogen (secondary N) is 2. The average Bonchev–Trinajstić information content (AvgIpc) is 3.00. The maximum Gasteiger partial charge on any atom is 0.418 e. The Morgan fingerprint density at radius 3 is 2.42 bits per heavy atom. The van der Waals surface area contributed by atoms with Crippen LogP contribution in [-0.2, 0) is 32.5 Å². The van der Waals surface area contributed by atoms with E-state index in [1.165, 1.54) is 18.0 Å². The van der Waals surface area contributed by atoms with Gasteiger partial charge in [-0.15, -0.1) is 0 Å². The van der Waals surface area contributed by atoms with Crippen molar-refractivity contribution in [1.82, 2.24) is 14.7 Å². The van der Waals surface area contributed by atoms with E-state index in [-0.39, 0.29) is 41.8 Å². The summed E-state index contributed by atoms with van der Waals surface area (Å²) in [7, 11) is 5.28. The summed E-state index contributed by atoms with van der Waals surface area (Å²) in [5.41, 5.74) is -0.599. The Bertz CT molecular complexity index is 1440. The first kappa shape index (κ1) is 32.7. The van der Waals surface area contributed by atoms with Crippen molar-refractivity contribution in [2.45, 2.75) is 56.0 Å². The molecule has 14 heteroatoms. The molecule has 3 aliphatic rings. The molecule has 0 saturated carbocycles. The number of amides is 3. The van der Waals surface area contributed by atoms with Gasteiger partial charge in [0.15, 0.2) is 6.10 Å². The number of ether oxygens (including phenoxy) is 2. The Balaban J connectivity index is 1.35. The average molecular weight is 652 g/mol. The van der Waals surface area contributed by atoms with Crippen LogP contribution in [0.1, 0.15) is 42.4 Å². The van der Waals surface area contributed by atoms with Gasteiger partial charge in [0.1, 0.15) is 5.60 Å². The van der Waals surface area contributed by atoms with E-state index in [0.717, 1.165) is 11.6 Å². The number of carbonyl (C=O) groups is 3. The third-order valence-electron chi connectivity index (χ3n) is 8.92. The minimum absolute atomic E-state index is 0.108. The van der Waals surface area contributed by atoms with Crippen molar-refractivity contribution < 1.29 is 37.0 Å². The molecule has 0 aromatic heterocycles. The number of hydrogen-bond donors (Lipinski definition) is 2. The van der Waals surface area contributed by atoms with Gasteiger partial charge in [0.2, 0.25) is 0 Å². The van der Waals surface area contributed by atoms with Crippen LogP contribution < -0.4 is 10.6 Å². The van der Waals surface area contributed by atoms with E-state index in [1.54, 1.807) is 11.0 Å². The first-order valence-electron chi connectivity index (χ1n) is 14.9. The van der Waals surface area contributed by atoms with E-state index in [1.807, 2.05) is 32.3 Å². The van der Waals surface area contributed by atoms with Crippen LogP contribution in [0.4, 0.5) is 34.1 Å². The van der Waals surface area contributed by atoms with Crippen molar-refractivity contribution in [2.75, 3.05) is 58.0 Å². The lowest BCUT2D eigenvalue weighted by Crippen LogP contribution is -2.52. The van der Waals surface area contributed by atoms with Crippen molar-refractivity contribution in [2.24, 2.45) is 0 Å².